The fourth-order valence-electron chi connectivity index (χ4n) is 6.13. The molecule has 0 radical (unpaired) electrons. The second-order valence-electron chi connectivity index (χ2n) is 11.4. The van der Waals surface area contributed by atoms with E-state index >= 15 is 0 Å². The van der Waals surface area contributed by atoms with Crippen LogP contribution >= 0.6 is 0 Å². The molecular weight excluding hydrogens is 573 g/mol. The number of anilines is 2. The number of nitrogens with zero attached hydrogens (tertiary/aromatic N) is 4. The number of rotatable bonds is 7. The molecule has 1 unspecified atom stereocenters. The van der Waals surface area contributed by atoms with Crippen LogP contribution in [0.2, 0.25) is 0 Å². The summed E-state index contributed by atoms with van der Waals surface area (Å²) in [6.45, 7) is 4.02. The highest BCUT2D eigenvalue weighted by Crippen LogP contribution is 2.42. The summed E-state index contributed by atoms with van der Waals surface area (Å²) in [6.07, 6.45) is -1.26. The number of piperidine rings is 1. The minimum Gasteiger partial charge on any atom is -0.465 e. The maximum Gasteiger partial charge on any atom is 0.429 e. The number of pyridine rings is 1. The van der Waals surface area contributed by atoms with Crippen LogP contribution in [0.1, 0.15) is 37.9 Å². The third-order valence-electron chi connectivity index (χ3n) is 8.51. The number of esters is 1. The van der Waals surface area contributed by atoms with Crippen molar-refractivity contribution < 1.29 is 27.4 Å². The molecule has 9 nitrogen and oxygen atoms in total. The summed E-state index contributed by atoms with van der Waals surface area (Å²) < 4.78 is 53.5. The average molecular weight is 607 g/mol. The Morgan fingerprint density at radius 3 is 2.55 bits per heavy atom. The number of carbonyl (C=O) groups is 1. The van der Waals surface area contributed by atoms with E-state index in [0.29, 0.717) is 38.5 Å². The number of hydrogen-bond donors (Lipinski definition) is 2. The lowest BCUT2D eigenvalue weighted by Crippen LogP contribution is -2.41. The fourth-order valence-corrected chi connectivity index (χ4v) is 6.13. The molecule has 4 aromatic rings. The highest BCUT2D eigenvalue weighted by atomic mass is 19.4. The quantitative estimate of drug-likeness (QED) is 0.264. The van der Waals surface area contributed by atoms with Gasteiger partial charge >= 0.3 is 12.1 Å². The molecule has 2 aliphatic heterocycles. The molecule has 0 bridgehead atoms. The van der Waals surface area contributed by atoms with E-state index in [1.807, 2.05) is 29.2 Å². The minimum atomic E-state index is -4.71. The second-order valence-corrected chi connectivity index (χ2v) is 11.4. The molecule has 2 aromatic carbocycles. The smallest absolute Gasteiger partial charge is 0.429 e. The molecule has 230 valence electrons. The summed E-state index contributed by atoms with van der Waals surface area (Å²) >= 11 is 0. The lowest BCUT2D eigenvalue weighted by molar-refractivity contribution is -0.198. The molecule has 2 fully saturated rings. The number of halogens is 3. The summed E-state index contributed by atoms with van der Waals surface area (Å²) in [4.78, 5) is 26.5. The molecule has 1 spiro atoms. The van der Waals surface area contributed by atoms with Crippen LogP contribution in [0, 0.1) is 5.41 Å². The lowest BCUT2D eigenvalue weighted by Gasteiger charge is -2.39. The zero-order chi connectivity index (χ0) is 30.9. The molecule has 2 saturated heterocycles. The standard InChI is InChI=1S/C32H33F3N6O3/c1-2-43-29(42)25-17-31(19-38-25)10-13-41(14-11-31)26-16-27(40-30(36)39-26)44-28(32(33,34)35)21-5-3-20(4-6-21)22-7-8-24-18-37-12-9-23(24)15-22/h3-9,12,15-16,18,25,28,38H,2,10-11,13-14,17,19H2,1H3,(H2,36,39,40)/t25?,28-/m1/s1. The van der Waals surface area contributed by atoms with E-state index in [9.17, 15) is 18.0 Å². The van der Waals surface area contributed by atoms with Gasteiger partial charge in [0.15, 0.2) is 0 Å². The maximum absolute atomic E-state index is 14.3. The molecule has 4 heterocycles. The first-order chi connectivity index (χ1) is 21.1. The van der Waals surface area contributed by atoms with Crippen LogP contribution in [-0.4, -0.2) is 59.4 Å². The van der Waals surface area contributed by atoms with Gasteiger partial charge in [-0.25, -0.2) is 0 Å². The Morgan fingerprint density at radius 2 is 1.82 bits per heavy atom. The van der Waals surface area contributed by atoms with Crippen molar-refractivity contribution in [2.24, 2.45) is 5.41 Å². The molecule has 6 rings (SSSR count). The molecule has 0 aliphatic carbocycles. The molecule has 2 aromatic heterocycles. The predicted octanol–water partition coefficient (Wildman–Crippen LogP) is 5.47. The van der Waals surface area contributed by atoms with E-state index in [-0.39, 0.29) is 34.8 Å². The van der Waals surface area contributed by atoms with E-state index in [1.54, 1.807) is 31.5 Å². The number of ether oxygens (including phenoxy) is 2. The number of alkyl halides is 3. The van der Waals surface area contributed by atoms with Crippen molar-refractivity contribution in [3.05, 3.63) is 72.6 Å². The number of carbonyl (C=O) groups excluding carboxylic acids is 1. The van der Waals surface area contributed by atoms with Crippen molar-refractivity contribution in [2.75, 3.05) is 36.9 Å². The van der Waals surface area contributed by atoms with Crippen LogP contribution in [0.5, 0.6) is 5.88 Å². The number of hydrogen-bond acceptors (Lipinski definition) is 9. The first-order valence-electron chi connectivity index (χ1n) is 14.6. The highest BCUT2D eigenvalue weighted by Gasteiger charge is 2.45. The van der Waals surface area contributed by atoms with E-state index in [1.165, 1.54) is 18.2 Å². The van der Waals surface area contributed by atoms with Crippen molar-refractivity contribution in [1.82, 2.24) is 20.3 Å². The zero-order valence-electron chi connectivity index (χ0n) is 24.2. The van der Waals surface area contributed by atoms with Crippen molar-refractivity contribution in [3.63, 3.8) is 0 Å². The van der Waals surface area contributed by atoms with Gasteiger partial charge in [0.25, 0.3) is 0 Å². The summed E-state index contributed by atoms with van der Waals surface area (Å²) in [5.74, 6) is -0.270. The third-order valence-corrected chi connectivity index (χ3v) is 8.51. The third kappa shape index (κ3) is 6.26. The Morgan fingerprint density at radius 1 is 1.07 bits per heavy atom. The Hall–Kier alpha value is -4.45. The molecule has 2 aliphatic rings. The maximum atomic E-state index is 14.3. The first-order valence-corrected chi connectivity index (χ1v) is 14.6. The van der Waals surface area contributed by atoms with Gasteiger partial charge in [0.2, 0.25) is 17.9 Å². The molecule has 0 saturated carbocycles. The topological polar surface area (TPSA) is 115 Å². The number of aromatic nitrogens is 3. The second kappa shape index (κ2) is 11.9. The molecule has 44 heavy (non-hydrogen) atoms. The van der Waals surface area contributed by atoms with Gasteiger partial charge < -0.3 is 25.4 Å². The van der Waals surface area contributed by atoms with Gasteiger partial charge in [0.05, 0.1) is 6.61 Å². The van der Waals surface area contributed by atoms with E-state index in [4.69, 9.17) is 15.2 Å². The SMILES string of the molecule is CCOC(=O)C1CC2(CCN(c3cc(O[C@H](c4ccc(-c5ccc6cnccc6c5)cc4)C(F)(F)F)nc(N)n3)CC2)CN1. The molecule has 2 atom stereocenters. The summed E-state index contributed by atoms with van der Waals surface area (Å²) in [6, 6.07) is 14.9. The molecule has 3 N–H and O–H groups in total. The monoisotopic (exact) mass is 606 g/mol. The van der Waals surface area contributed by atoms with E-state index in [2.05, 4.69) is 20.3 Å². The normalized spacial score (nSPS) is 18.8. The number of nitrogens with two attached hydrogens (primary N) is 1. The largest absolute Gasteiger partial charge is 0.465 e. The highest BCUT2D eigenvalue weighted by molar-refractivity contribution is 5.86. The van der Waals surface area contributed by atoms with Gasteiger partial charge in [-0.15, -0.1) is 0 Å². The molecular formula is C32H33F3N6O3. The Balaban J connectivity index is 1.16. The molecule has 0 amide bonds. The number of fused-ring (bicyclic) bond motifs is 1. The van der Waals surface area contributed by atoms with Gasteiger partial charge in [0.1, 0.15) is 11.9 Å². The van der Waals surface area contributed by atoms with Gasteiger partial charge in [-0.05, 0) is 60.2 Å². The van der Waals surface area contributed by atoms with Crippen LogP contribution in [-0.2, 0) is 9.53 Å². The average Bonchev–Trinajstić information content (AvgIpc) is 3.43. The van der Waals surface area contributed by atoms with Gasteiger partial charge in [0, 0.05) is 49.0 Å². The minimum absolute atomic E-state index is 0.0522. The van der Waals surface area contributed by atoms with Crippen LogP contribution in [0.15, 0.2) is 67.0 Å². The van der Waals surface area contributed by atoms with Gasteiger partial charge in [-0.1, -0.05) is 36.4 Å². The zero-order valence-corrected chi connectivity index (χ0v) is 24.2. The molecule has 12 heteroatoms. The van der Waals surface area contributed by atoms with E-state index in [0.717, 1.165) is 34.7 Å². The summed E-state index contributed by atoms with van der Waals surface area (Å²) in [5.41, 5.74) is 7.47. The number of nitrogen functional groups attached to an aromatic ring is 1. The predicted molar refractivity (Wildman–Crippen MR) is 160 cm³/mol. The van der Waals surface area contributed by atoms with Crippen LogP contribution in [0.3, 0.4) is 0 Å². The Labute approximate surface area is 252 Å². The number of benzene rings is 2. The van der Waals surface area contributed by atoms with Crippen LogP contribution in [0.25, 0.3) is 21.9 Å². The van der Waals surface area contributed by atoms with Crippen LogP contribution in [0.4, 0.5) is 24.9 Å². The fraction of sp³-hybridized carbons (Fsp3) is 0.375. The van der Waals surface area contributed by atoms with E-state index < -0.39 is 12.3 Å². The van der Waals surface area contributed by atoms with Crippen molar-refractivity contribution >= 4 is 28.5 Å². The summed E-state index contributed by atoms with van der Waals surface area (Å²) in [5, 5.41) is 5.24. The Kier molecular flexibility index (Phi) is 8.02. The Bertz CT molecular complexity index is 1640. The van der Waals surface area contributed by atoms with Crippen molar-refractivity contribution in [3.8, 4) is 17.0 Å². The lowest BCUT2D eigenvalue weighted by atomic mass is 9.76. The summed E-state index contributed by atoms with van der Waals surface area (Å²) in [7, 11) is 0. The van der Waals surface area contributed by atoms with Crippen LogP contribution < -0.4 is 20.7 Å². The number of nitrogens with one attached hydrogen (secondary N) is 1. The van der Waals surface area contributed by atoms with Crippen molar-refractivity contribution in [1.29, 1.82) is 0 Å². The van der Waals surface area contributed by atoms with Crippen molar-refractivity contribution in [2.45, 2.75) is 44.5 Å². The first kappa shape index (κ1) is 29.6. The van der Waals surface area contributed by atoms with Gasteiger partial charge in [-0.2, -0.15) is 23.1 Å². The van der Waals surface area contributed by atoms with Gasteiger partial charge in [-0.3, -0.25) is 9.78 Å².